The lowest BCUT2D eigenvalue weighted by Crippen LogP contribution is -2.40. The van der Waals surface area contributed by atoms with Gasteiger partial charge in [0.25, 0.3) is 5.56 Å². The highest BCUT2D eigenvalue weighted by atomic mass is 32.2. The molecule has 6 rings (SSSR count). The van der Waals surface area contributed by atoms with Crippen LogP contribution in [-0.2, 0) is 24.1 Å². The summed E-state index contributed by atoms with van der Waals surface area (Å²) >= 11 is 1.64. The summed E-state index contributed by atoms with van der Waals surface area (Å²) in [7, 11) is 0. The van der Waals surface area contributed by atoms with Crippen LogP contribution in [0.4, 0.5) is 0 Å². The molecule has 4 aromatic rings. The highest BCUT2D eigenvalue weighted by molar-refractivity contribution is 7.98. The molecule has 2 aromatic heterocycles. The maximum Gasteiger partial charge on any atom is 0.258 e. The molecule has 0 unspecified atom stereocenters. The number of thioether (sulfide) groups is 1. The van der Waals surface area contributed by atoms with E-state index in [1.54, 1.807) is 18.0 Å². The van der Waals surface area contributed by atoms with Gasteiger partial charge in [-0.3, -0.25) is 9.36 Å². The van der Waals surface area contributed by atoms with Gasteiger partial charge in [-0.15, -0.1) is 0 Å². The van der Waals surface area contributed by atoms with Crippen molar-refractivity contribution in [2.45, 2.75) is 61.9 Å². The molecule has 0 amide bonds. The second-order valence-corrected chi connectivity index (χ2v) is 10.6. The summed E-state index contributed by atoms with van der Waals surface area (Å²) in [5, 5.41) is 0.758. The van der Waals surface area contributed by atoms with Crippen molar-refractivity contribution >= 4 is 11.8 Å². The van der Waals surface area contributed by atoms with Gasteiger partial charge in [0.15, 0.2) is 5.16 Å². The number of fused-ring (bicyclic) bond motifs is 4. The molecule has 0 bridgehead atoms. The van der Waals surface area contributed by atoms with Crippen LogP contribution in [0.5, 0.6) is 0 Å². The van der Waals surface area contributed by atoms with Gasteiger partial charge in [0, 0.05) is 16.7 Å². The van der Waals surface area contributed by atoms with Crippen molar-refractivity contribution < 1.29 is 4.42 Å². The number of nitrogens with zero attached hydrogens (tertiary/aromatic N) is 2. The molecular weight excluding hydrogens is 440 g/mol. The average molecular weight is 469 g/mol. The third-order valence-electron chi connectivity index (χ3n) is 7.54. The van der Waals surface area contributed by atoms with E-state index in [1.807, 2.05) is 16.7 Å². The summed E-state index contributed by atoms with van der Waals surface area (Å²) in [5.74, 6) is 1.54. The minimum Gasteiger partial charge on any atom is -0.467 e. The number of aryl methyl sites for hydroxylation is 1. The van der Waals surface area contributed by atoms with Gasteiger partial charge in [-0.2, -0.15) is 0 Å². The van der Waals surface area contributed by atoms with Gasteiger partial charge in [0.05, 0.1) is 24.1 Å². The minimum absolute atomic E-state index is 0.0993. The molecule has 2 aromatic carbocycles. The highest BCUT2D eigenvalue weighted by Crippen LogP contribution is 2.50. The van der Waals surface area contributed by atoms with Crippen LogP contribution in [0, 0.1) is 6.92 Å². The molecule has 0 atom stereocenters. The van der Waals surface area contributed by atoms with E-state index in [1.165, 1.54) is 29.5 Å². The second-order valence-electron chi connectivity index (χ2n) is 9.63. The van der Waals surface area contributed by atoms with E-state index in [0.717, 1.165) is 52.8 Å². The van der Waals surface area contributed by atoms with Gasteiger partial charge in [-0.25, -0.2) is 4.98 Å². The van der Waals surface area contributed by atoms with E-state index in [4.69, 9.17) is 9.40 Å². The maximum atomic E-state index is 14.3. The van der Waals surface area contributed by atoms with Gasteiger partial charge >= 0.3 is 0 Å². The molecule has 1 fully saturated rings. The van der Waals surface area contributed by atoms with Crippen LogP contribution in [0.2, 0.25) is 0 Å². The first-order valence-electron chi connectivity index (χ1n) is 12.1. The van der Waals surface area contributed by atoms with Crippen LogP contribution in [0.15, 0.2) is 81.3 Å². The fourth-order valence-electron chi connectivity index (χ4n) is 5.77. The first-order chi connectivity index (χ1) is 16.6. The monoisotopic (exact) mass is 468 g/mol. The Balaban J connectivity index is 1.53. The Morgan fingerprint density at radius 2 is 1.82 bits per heavy atom. The zero-order valence-electron chi connectivity index (χ0n) is 19.4. The molecule has 2 heterocycles. The topological polar surface area (TPSA) is 48.0 Å². The Labute approximate surface area is 204 Å². The number of benzene rings is 2. The van der Waals surface area contributed by atoms with Crippen LogP contribution in [0.1, 0.15) is 53.7 Å². The van der Waals surface area contributed by atoms with Crippen molar-refractivity contribution in [1.29, 1.82) is 0 Å². The lowest BCUT2D eigenvalue weighted by atomic mass is 9.68. The first-order valence-corrected chi connectivity index (χ1v) is 13.1. The number of aromatic nitrogens is 2. The van der Waals surface area contributed by atoms with E-state index in [-0.39, 0.29) is 11.0 Å². The van der Waals surface area contributed by atoms with Gasteiger partial charge in [0.2, 0.25) is 0 Å². The predicted octanol–water partition coefficient (Wildman–Crippen LogP) is 6.52. The summed E-state index contributed by atoms with van der Waals surface area (Å²) in [5.41, 5.74) is 6.78. The molecular formula is C29H28N2O2S. The largest absolute Gasteiger partial charge is 0.467 e. The molecule has 0 radical (unpaired) electrons. The first kappa shape index (κ1) is 21.5. The second kappa shape index (κ2) is 8.62. The number of rotatable bonds is 5. The SMILES string of the molecule is Cc1ccccc1CSc1nc2c(c(=O)n1Cc1ccco1)C1(CCCC1)Cc1ccccc1-2. The Hall–Kier alpha value is -3.05. The van der Waals surface area contributed by atoms with E-state index in [9.17, 15) is 4.79 Å². The molecule has 4 nitrogen and oxygen atoms in total. The Morgan fingerprint density at radius 1 is 1.03 bits per heavy atom. The molecule has 0 saturated heterocycles. The van der Waals surface area contributed by atoms with Crippen LogP contribution < -0.4 is 5.56 Å². The van der Waals surface area contributed by atoms with Crippen molar-refractivity contribution in [3.63, 3.8) is 0 Å². The molecule has 2 aliphatic rings. The molecule has 34 heavy (non-hydrogen) atoms. The molecule has 5 heteroatoms. The lowest BCUT2D eigenvalue weighted by Gasteiger charge is -2.36. The number of hydrogen-bond acceptors (Lipinski definition) is 4. The highest BCUT2D eigenvalue weighted by Gasteiger charge is 2.44. The van der Waals surface area contributed by atoms with Crippen LogP contribution >= 0.6 is 11.8 Å². The zero-order valence-corrected chi connectivity index (χ0v) is 20.2. The third kappa shape index (κ3) is 3.63. The van der Waals surface area contributed by atoms with Gasteiger partial charge in [0.1, 0.15) is 5.76 Å². The fourth-order valence-corrected chi connectivity index (χ4v) is 6.83. The zero-order chi connectivity index (χ0) is 23.1. The summed E-state index contributed by atoms with van der Waals surface area (Å²) in [4.78, 5) is 19.5. The molecule has 0 aliphatic heterocycles. The van der Waals surface area contributed by atoms with Gasteiger partial charge in [-0.05, 0) is 55.0 Å². The van der Waals surface area contributed by atoms with Gasteiger partial charge < -0.3 is 4.42 Å². The maximum absolute atomic E-state index is 14.3. The summed E-state index contributed by atoms with van der Waals surface area (Å²) in [6.45, 7) is 2.53. The fraction of sp³-hybridized carbons (Fsp3) is 0.310. The Morgan fingerprint density at radius 3 is 2.62 bits per heavy atom. The normalized spacial score (nSPS) is 15.9. The molecule has 1 spiro atoms. The summed E-state index contributed by atoms with van der Waals surface area (Å²) < 4.78 is 7.51. The Bertz CT molecular complexity index is 1400. The molecule has 172 valence electrons. The van der Waals surface area contributed by atoms with Crippen LogP contribution in [0.25, 0.3) is 11.3 Å². The van der Waals surface area contributed by atoms with E-state index < -0.39 is 0 Å². The standard InChI is InChI=1S/C29H28N2O2S/c1-20-9-2-3-11-22(20)19-34-28-30-26-24-13-5-4-10-21(24)17-29(14-6-7-15-29)25(26)27(32)31(28)18-23-12-8-16-33-23/h2-5,8-13,16H,6-7,14-15,17-19H2,1H3. The summed E-state index contributed by atoms with van der Waals surface area (Å²) in [6.07, 6.45) is 7.06. The molecule has 2 aliphatic carbocycles. The van der Waals surface area contributed by atoms with Crippen molar-refractivity contribution in [3.05, 3.63) is 105 Å². The summed E-state index contributed by atoms with van der Waals surface area (Å²) in [6, 6.07) is 20.7. The number of hydrogen-bond donors (Lipinski definition) is 0. The van der Waals surface area contributed by atoms with Gasteiger partial charge in [-0.1, -0.05) is 73.1 Å². The Kier molecular flexibility index (Phi) is 5.45. The van der Waals surface area contributed by atoms with E-state index in [2.05, 4.69) is 55.5 Å². The third-order valence-corrected chi connectivity index (χ3v) is 8.56. The van der Waals surface area contributed by atoms with Crippen molar-refractivity contribution in [3.8, 4) is 11.3 Å². The lowest BCUT2D eigenvalue weighted by molar-refractivity contribution is 0.411. The van der Waals surface area contributed by atoms with Crippen molar-refractivity contribution in [2.75, 3.05) is 0 Å². The van der Waals surface area contributed by atoms with Crippen LogP contribution in [-0.4, -0.2) is 9.55 Å². The molecule has 1 saturated carbocycles. The molecule has 0 N–H and O–H groups in total. The predicted molar refractivity (Wildman–Crippen MR) is 136 cm³/mol. The number of furan rings is 1. The van der Waals surface area contributed by atoms with Crippen molar-refractivity contribution in [1.82, 2.24) is 9.55 Å². The average Bonchev–Trinajstić information content (AvgIpc) is 3.53. The van der Waals surface area contributed by atoms with E-state index in [0.29, 0.717) is 6.54 Å². The van der Waals surface area contributed by atoms with E-state index >= 15 is 0 Å². The van der Waals surface area contributed by atoms with Crippen LogP contribution in [0.3, 0.4) is 0 Å². The minimum atomic E-state index is -0.0993. The smallest absolute Gasteiger partial charge is 0.258 e. The van der Waals surface area contributed by atoms with Crippen molar-refractivity contribution in [2.24, 2.45) is 0 Å². The quantitative estimate of drug-likeness (QED) is 0.247.